The molecular weight excluding hydrogens is 250 g/mol. The van der Waals surface area contributed by atoms with Gasteiger partial charge in [-0.2, -0.15) is 0 Å². The van der Waals surface area contributed by atoms with E-state index < -0.39 is 0 Å². The van der Waals surface area contributed by atoms with Crippen LogP contribution in [0.3, 0.4) is 0 Å². The third-order valence-electron chi connectivity index (χ3n) is 2.68. The predicted octanol–water partition coefficient (Wildman–Crippen LogP) is 3.40. The van der Waals surface area contributed by atoms with Crippen molar-refractivity contribution < 1.29 is 4.42 Å². The molecule has 3 aromatic rings. The molecule has 0 unspecified atom stereocenters. The molecule has 0 saturated heterocycles. The zero-order valence-electron chi connectivity index (χ0n) is 9.67. The summed E-state index contributed by atoms with van der Waals surface area (Å²) in [5, 5.41) is 0.208. The van der Waals surface area contributed by atoms with Gasteiger partial charge in [-0.25, -0.2) is 9.97 Å². The van der Waals surface area contributed by atoms with Crippen LogP contribution in [-0.2, 0) is 7.05 Å². The first-order chi connectivity index (χ1) is 8.74. The summed E-state index contributed by atoms with van der Waals surface area (Å²) in [6.07, 6.45) is 3.56. The van der Waals surface area contributed by atoms with Crippen LogP contribution in [0.25, 0.3) is 22.8 Å². The molecule has 3 aromatic heterocycles. The third kappa shape index (κ3) is 1.91. The Balaban J connectivity index is 2.15. The van der Waals surface area contributed by atoms with Gasteiger partial charge in [0.25, 0.3) is 0 Å². The van der Waals surface area contributed by atoms with Gasteiger partial charge in [-0.05, 0) is 41.9 Å². The largest absolute Gasteiger partial charge is 0.463 e. The van der Waals surface area contributed by atoms with Crippen molar-refractivity contribution >= 4 is 11.6 Å². The average molecular weight is 260 g/mol. The quantitative estimate of drug-likeness (QED) is 0.663. The minimum Gasteiger partial charge on any atom is -0.463 e. The maximum atomic E-state index is 5.96. The molecule has 0 saturated carbocycles. The zero-order chi connectivity index (χ0) is 12.5. The lowest BCUT2D eigenvalue weighted by atomic mass is 10.2. The lowest BCUT2D eigenvalue weighted by Crippen LogP contribution is -1.95. The number of hydrogen-bond donors (Lipinski definition) is 0. The molecule has 0 spiro atoms. The number of nitrogens with zero attached hydrogens (tertiary/aromatic N) is 3. The summed E-state index contributed by atoms with van der Waals surface area (Å²) in [6.45, 7) is 0. The van der Waals surface area contributed by atoms with E-state index in [1.807, 2.05) is 48.1 Å². The molecule has 0 aliphatic carbocycles. The van der Waals surface area contributed by atoms with Crippen LogP contribution < -0.4 is 0 Å². The van der Waals surface area contributed by atoms with Crippen LogP contribution in [0.1, 0.15) is 0 Å². The van der Waals surface area contributed by atoms with Crippen molar-refractivity contribution in [2.45, 2.75) is 0 Å². The predicted molar refractivity (Wildman–Crippen MR) is 69.2 cm³/mol. The number of rotatable bonds is 2. The first-order valence-corrected chi connectivity index (χ1v) is 5.82. The molecule has 0 aliphatic heterocycles. The topological polar surface area (TPSA) is 43.9 Å². The highest BCUT2D eigenvalue weighted by atomic mass is 35.5. The number of furan rings is 1. The molecule has 90 valence electrons. The van der Waals surface area contributed by atoms with Crippen LogP contribution in [-0.4, -0.2) is 14.5 Å². The molecule has 0 aromatic carbocycles. The van der Waals surface area contributed by atoms with Crippen LogP contribution in [0.2, 0.25) is 5.28 Å². The Hall–Kier alpha value is -2.07. The van der Waals surface area contributed by atoms with Gasteiger partial charge in [0.1, 0.15) is 5.69 Å². The van der Waals surface area contributed by atoms with E-state index >= 15 is 0 Å². The SMILES string of the molecule is Cn1cccc1-c1cc(-c2ccco2)nc(Cl)n1. The second kappa shape index (κ2) is 4.31. The fourth-order valence-corrected chi connectivity index (χ4v) is 2.01. The highest BCUT2D eigenvalue weighted by Crippen LogP contribution is 2.25. The summed E-state index contributed by atoms with van der Waals surface area (Å²) in [5.74, 6) is 0.676. The Morgan fingerprint density at radius 2 is 2.00 bits per heavy atom. The highest BCUT2D eigenvalue weighted by molar-refractivity contribution is 6.28. The number of hydrogen-bond acceptors (Lipinski definition) is 3. The smallest absolute Gasteiger partial charge is 0.223 e. The summed E-state index contributed by atoms with van der Waals surface area (Å²) in [6, 6.07) is 9.45. The van der Waals surface area contributed by atoms with E-state index in [1.54, 1.807) is 6.26 Å². The maximum absolute atomic E-state index is 5.96. The fraction of sp³-hybridized carbons (Fsp3) is 0.0769. The second-order valence-electron chi connectivity index (χ2n) is 3.89. The van der Waals surface area contributed by atoms with Crippen molar-refractivity contribution in [3.05, 3.63) is 48.1 Å². The van der Waals surface area contributed by atoms with Gasteiger partial charge in [-0.1, -0.05) is 0 Å². The molecule has 0 aliphatic rings. The van der Waals surface area contributed by atoms with Gasteiger partial charge in [0.15, 0.2) is 5.76 Å². The van der Waals surface area contributed by atoms with E-state index in [2.05, 4.69) is 9.97 Å². The Kier molecular flexibility index (Phi) is 2.64. The molecule has 5 heteroatoms. The van der Waals surface area contributed by atoms with E-state index in [4.69, 9.17) is 16.0 Å². The minimum atomic E-state index is 0.208. The first kappa shape index (κ1) is 11.0. The van der Waals surface area contributed by atoms with E-state index in [0.717, 1.165) is 11.4 Å². The van der Waals surface area contributed by atoms with Crippen LogP contribution in [0.4, 0.5) is 0 Å². The molecule has 0 fully saturated rings. The van der Waals surface area contributed by atoms with E-state index in [0.29, 0.717) is 11.5 Å². The molecule has 0 amide bonds. The molecule has 3 heterocycles. The second-order valence-corrected chi connectivity index (χ2v) is 4.23. The van der Waals surface area contributed by atoms with E-state index in [-0.39, 0.29) is 5.28 Å². The Bertz CT molecular complexity index is 673. The maximum Gasteiger partial charge on any atom is 0.223 e. The van der Waals surface area contributed by atoms with Crippen LogP contribution in [0.5, 0.6) is 0 Å². The van der Waals surface area contributed by atoms with Crippen LogP contribution in [0.15, 0.2) is 47.2 Å². The van der Waals surface area contributed by atoms with Crippen molar-refractivity contribution in [2.75, 3.05) is 0 Å². The molecular formula is C13H10ClN3O. The Morgan fingerprint density at radius 1 is 1.17 bits per heavy atom. The van der Waals surface area contributed by atoms with Crippen molar-refractivity contribution in [2.24, 2.45) is 7.05 Å². The van der Waals surface area contributed by atoms with Gasteiger partial charge in [0.05, 0.1) is 17.7 Å². The zero-order valence-corrected chi connectivity index (χ0v) is 10.4. The fourth-order valence-electron chi connectivity index (χ4n) is 1.83. The van der Waals surface area contributed by atoms with E-state index in [9.17, 15) is 0 Å². The van der Waals surface area contributed by atoms with Crippen molar-refractivity contribution in [3.8, 4) is 22.8 Å². The summed E-state index contributed by atoms with van der Waals surface area (Å²) in [7, 11) is 1.96. The van der Waals surface area contributed by atoms with Gasteiger partial charge >= 0.3 is 0 Å². The van der Waals surface area contributed by atoms with Gasteiger partial charge in [0, 0.05) is 13.2 Å². The van der Waals surface area contributed by atoms with Crippen molar-refractivity contribution in [3.63, 3.8) is 0 Å². The van der Waals surface area contributed by atoms with Crippen LogP contribution in [0, 0.1) is 0 Å². The van der Waals surface area contributed by atoms with Crippen molar-refractivity contribution in [1.29, 1.82) is 0 Å². The molecule has 0 bridgehead atoms. The summed E-state index contributed by atoms with van der Waals surface area (Å²) in [5.41, 5.74) is 2.43. The minimum absolute atomic E-state index is 0.208. The summed E-state index contributed by atoms with van der Waals surface area (Å²) in [4.78, 5) is 8.41. The van der Waals surface area contributed by atoms with Gasteiger partial charge in [-0.15, -0.1) is 0 Å². The molecule has 3 rings (SSSR count). The standard InChI is InChI=1S/C13H10ClN3O/c1-17-6-2-4-11(17)9-8-10(16-13(14)15-9)12-5-3-7-18-12/h2-8H,1H3. The normalized spacial score (nSPS) is 10.8. The molecule has 0 radical (unpaired) electrons. The number of halogens is 1. The lowest BCUT2D eigenvalue weighted by molar-refractivity contribution is 0.580. The van der Waals surface area contributed by atoms with Gasteiger partial charge in [0.2, 0.25) is 5.28 Å². The Morgan fingerprint density at radius 3 is 2.67 bits per heavy atom. The van der Waals surface area contributed by atoms with Crippen LogP contribution >= 0.6 is 11.6 Å². The molecule has 0 atom stereocenters. The number of aromatic nitrogens is 3. The summed E-state index contributed by atoms with van der Waals surface area (Å²) >= 11 is 5.96. The van der Waals surface area contributed by atoms with Crippen molar-refractivity contribution in [1.82, 2.24) is 14.5 Å². The molecule has 0 N–H and O–H groups in total. The summed E-state index contributed by atoms with van der Waals surface area (Å²) < 4.78 is 7.30. The van der Waals surface area contributed by atoms with Gasteiger partial charge in [-0.3, -0.25) is 0 Å². The monoisotopic (exact) mass is 259 g/mol. The lowest BCUT2D eigenvalue weighted by Gasteiger charge is -2.05. The third-order valence-corrected chi connectivity index (χ3v) is 2.85. The number of aryl methyl sites for hydroxylation is 1. The average Bonchev–Trinajstić information content (AvgIpc) is 2.98. The highest BCUT2D eigenvalue weighted by Gasteiger charge is 2.10. The van der Waals surface area contributed by atoms with Gasteiger partial charge < -0.3 is 8.98 Å². The first-order valence-electron chi connectivity index (χ1n) is 5.44. The van der Waals surface area contributed by atoms with E-state index in [1.165, 1.54) is 0 Å². The molecule has 18 heavy (non-hydrogen) atoms. The Labute approximate surface area is 109 Å². The molecule has 4 nitrogen and oxygen atoms in total.